The minimum atomic E-state index is -0.0945. The van der Waals surface area contributed by atoms with Crippen LogP contribution in [0.2, 0.25) is 0 Å². The topological polar surface area (TPSA) is 68.3 Å². The Morgan fingerprint density at radius 2 is 1.96 bits per heavy atom. The van der Waals surface area contributed by atoms with E-state index in [-0.39, 0.29) is 23.6 Å². The quantitative estimate of drug-likeness (QED) is 0.684. The molecule has 1 saturated heterocycles. The fourth-order valence-electron chi connectivity index (χ4n) is 4.18. The molecular weight excluding hydrogens is 318 g/mol. The summed E-state index contributed by atoms with van der Waals surface area (Å²) in [4.78, 5) is 32.4. The molecule has 1 amide bonds. The van der Waals surface area contributed by atoms with Crippen molar-refractivity contribution in [1.82, 2.24) is 14.5 Å². The number of fused-ring (bicyclic) bond motifs is 4. The predicted molar refractivity (Wildman–Crippen MR) is 91.4 cm³/mol. The van der Waals surface area contributed by atoms with Gasteiger partial charge in [-0.3, -0.25) is 14.2 Å². The Morgan fingerprint density at radius 1 is 1.12 bits per heavy atom. The minimum Gasteiger partial charge on any atom is -0.459 e. The first-order valence-electron chi connectivity index (χ1n) is 8.57. The summed E-state index contributed by atoms with van der Waals surface area (Å²) in [5.74, 6) is 1.03. The fraction of sp³-hybridized carbons (Fsp3) is 0.316. The van der Waals surface area contributed by atoms with Gasteiger partial charge in [0.05, 0.1) is 23.2 Å². The van der Waals surface area contributed by atoms with Gasteiger partial charge < -0.3 is 9.32 Å². The van der Waals surface area contributed by atoms with Crippen LogP contribution in [0.3, 0.4) is 0 Å². The summed E-state index contributed by atoms with van der Waals surface area (Å²) >= 11 is 0. The SMILES string of the molecule is O=C(c1ccco1)N1[C@@H]2CC[C@@H]1Cn1c(nc3ccccc3c1=O)C2. The number of para-hydroxylation sites is 1. The normalized spacial score (nSPS) is 22.0. The number of nitrogens with zero attached hydrogens (tertiary/aromatic N) is 3. The second kappa shape index (κ2) is 5.31. The van der Waals surface area contributed by atoms with Crippen LogP contribution < -0.4 is 5.56 Å². The van der Waals surface area contributed by atoms with Crippen molar-refractivity contribution in [2.45, 2.75) is 37.9 Å². The molecule has 2 aromatic heterocycles. The summed E-state index contributed by atoms with van der Waals surface area (Å²) in [6.45, 7) is 0.495. The molecule has 0 saturated carbocycles. The molecule has 1 aromatic carbocycles. The van der Waals surface area contributed by atoms with E-state index in [0.29, 0.717) is 24.1 Å². The molecule has 2 aliphatic heterocycles. The Hall–Kier alpha value is -2.89. The number of aromatic nitrogens is 2. The summed E-state index contributed by atoms with van der Waals surface area (Å²) in [6, 6.07) is 10.9. The van der Waals surface area contributed by atoms with E-state index in [1.54, 1.807) is 16.7 Å². The van der Waals surface area contributed by atoms with Crippen LogP contribution in [0.15, 0.2) is 51.9 Å². The Bertz CT molecular complexity index is 1020. The number of furan rings is 1. The molecule has 0 radical (unpaired) electrons. The van der Waals surface area contributed by atoms with Crippen LogP contribution in [0.4, 0.5) is 0 Å². The second-order valence-corrected chi connectivity index (χ2v) is 6.74. The lowest BCUT2D eigenvalue weighted by Crippen LogP contribution is -2.42. The zero-order valence-corrected chi connectivity index (χ0v) is 13.6. The maximum atomic E-state index is 12.9. The van der Waals surface area contributed by atoms with E-state index in [1.165, 1.54) is 6.26 Å². The number of hydrogen-bond donors (Lipinski definition) is 0. The first-order chi connectivity index (χ1) is 12.2. The highest BCUT2D eigenvalue weighted by atomic mass is 16.3. The Balaban J connectivity index is 1.61. The molecule has 0 aliphatic carbocycles. The lowest BCUT2D eigenvalue weighted by atomic mass is 10.1. The molecule has 2 atom stereocenters. The molecule has 0 unspecified atom stereocenters. The smallest absolute Gasteiger partial charge is 0.290 e. The largest absolute Gasteiger partial charge is 0.459 e. The third kappa shape index (κ3) is 2.13. The molecule has 6 heteroatoms. The fourth-order valence-corrected chi connectivity index (χ4v) is 4.18. The van der Waals surface area contributed by atoms with Crippen LogP contribution >= 0.6 is 0 Å². The van der Waals surface area contributed by atoms with Gasteiger partial charge in [-0.1, -0.05) is 12.1 Å². The summed E-state index contributed by atoms with van der Waals surface area (Å²) in [5.41, 5.74) is 0.707. The molecule has 2 aliphatic rings. The van der Waals surface area contributed by atoms with Crippen molar-refractivity contribution >= 4 is 16.8 Å². The van der Waals surface area contributed by atoms with Crippen molar-refractivity contribution < 1.29 is 9.21 Å². The molecule has 6 nitrogen and oxygen atoms in total. The van der Waals surface area contributed by atoms with Gasteiger partial charge in [-0.05, 0) is 37.1 Å². The molecule has 25 heavy (non-hydrogen) atoms. The first kappa shape index (κ1) is 14.5. The average Bonchev–Trinajstić information content (AvgIpc) is 3.24. The van der Waals surface area contributed by atoms with Gasteiger partial charge in [0, 0.05) is 19.0 Å². The first-order valence-corrected chi connectivity index (χ1v) is 8.57. The van der Waals surface area contributed by atoms with Crippen molar-refractivity contribution in [3.63, 3.8) is 0 Å². The van der Waals surface area contributed by atoms with Crippen molar-refractivity contribution in [2.75, 3.05) is 0 Å². The second-order valence-electron chi connectivity index (χ2n) is 6.74. The highest BCUT2D eigenvalue weighted by Gasteiger charge is 2.41. The van der Waals surface area contributed by atoms with E-state index < -0.39 is 0 Å². The molecule has 2 bridgehead atoms. The monoisotopic (exact) mass is 335 g/mol. The molecule has 126 valence electrons. The Kier molecular flexibility index (Phi) is 3.07. The number of rotatable bonds is 1. The van der Waals surface area contributed by atoms with Crippen LogP contribution in [0.1, 0.15) is 29.2 Å². The number of benzene rings is 1. The van der Waals surface area contributed by atoms with E-state index in [4.69, 9.17) is 9.40 Å². The predicted octanol–water partition coefficient (Wildman–Crippen LogP) is 2.22. The van der Waals surface area contributed by atoms with Gasteiger partial charge in [-0.2, -0.15) is 0 Å². The average molecular weight is 335 g/mol. The molecule has 0 spiro atoms. The van der Waals surface area contributed by atoms with E-state index in [2.05, 4.69) is 0 Å². The molecule has 0 N–H and O–H groups in total. The van der Waals surface area contributed by atoms with Gasteiger partial charge in [0.1, 0.15) is 5.82 Å². The van der Waals surface area contributed by atoms with Crippen molar-refractivity contribution in [3.05, 3.63) is 64.6 Å². The van der Waals surface area contributed by atoms with Gasteiger partial charge >= 0.3 is 0 Å². The Labute approximate surface area is 143 Å². The van der Waals surface area contributed by atoms with E-state index in [1.807, 2.05) is 29.2 Å². The molecule has 5 rings (SSSR count). The molecule has 3 aromatic rings. The lowest BCUT2D eigenvalue weighted by molar-refractivity contribution is 0.0633. The summed E-state index contributed by atoms with van der Waals surface area (Å²) in [6.07, 6.45) is 3.94. The molecule has 1 fully saturated rings. The number of amides is 1. The zero-order valence-electron chi connectivity index (χ0n) is 13.6. The highest BCUT2D eigenvalue weighted by Crippen LogP contribution is 2.32. The van der Waals surface area contributed by atoms with Crippen molar-refractivity contribution in [2.24, 2.45) is 0 Å². The van der Waals surface area contributed by atoms with Gasteiger partial charge in [0.25, 0.3) is 11.5 Å². The van der Waals surface area contributed by atoms with Crippen molar-refractivity contribution in [3.8, 4) is 0 Å². The van der Waals surface area contributed by atoms with E-state index in [9.17, 15) is 9.59 Å². The third-order valence-electron chi connectivity index (χ3n) is 5.34. The standard InChI is InChI=1S/C19H17N3O3/c23-18-14-4-1-2-5-15(14)20-17-10-12-7-8-13(11-21(17)18)22(12)19(24)16-6-3-9-25-16/h1-6,9,12-13H,7-8,10-11H2/t12-,13-/m1/s1. The van der Waals surface area contributed by atoms with Gasteiger partial charge in [-0.25, -0.2) is 4.98 Å². The molecule has 4 heterocycles. The number of carbonyl (C=O) groups excluding carboxylic acids is 1. The lowest BCUT2D eigenvalue weighted by Gasteiger charge is -2.26. The van der Waals surface area contributed by atoms with Crippen LogP contribution in [0, 0.1) is 0 Å². The van der Waals surface area contributed by atoms with Crippen LogP contribution in [-0.2, 0) is 13.0 Å². The van der Waals surface area contributed by atoms with Gasteiger partial charge in [0.2, 0.25) is 0 Å². The summed E-state index contributed by atoms with van der Waals surface area (Å²) in [7, 11) is 0. The van der Waals surface area contributed by atoms with Crippen molar-refractivity contribution in [1.29, 1.82) is 0 Å². The third-order valence-corrected chi connectivity index (χ3v) is 5.34. The van der Waals surface area contributed by atoms with Crippen LogP contribution in [0.25, 0.3) is 10.9 Å². The number of carbonyl (C=O) groups is 1. The number of hydrogen-bond acceptors (Lipinski definition) is 4. The molecular formula is C19H17N3O3. The minimum absolute atomic E-state index is 0.00418. The van der Waals surface area contributed by atoms with Crippen LogP contribution in [-0.4, -0.2) is 32.4 Å². The summed E-state index contributed by atoms with van der Waals surface area (Å²) < 4.78 is 7.06. The van der Waals surface area contributed by atoms with E-state index in [0.717, 1.165) is 24.2 Å². The van der Waals surface area contributed by atoms with Crippen LogP contribution in [0.5, 0.6) is 0 Å². The van der Waals surface area contributed by atoms with Gasteiger partial charge in [0.15, 0.2) is 5.76 Å². The summed E-state index contributed by atoms with van der Waals surface area (Å²) in [5, 5.41) is 0.632. The zero-order chi connectivity index (χ0) is 17.0. The Morgan fingerprint density at radius 3 is 2.80 bits per heavy atom. The van der Waals surface area contributed by atoms with Gasteiger partial charge in [-0.15, -0.1) is 0 Å². The highest BCUT2D eigenvalue weighted by molar-refractivity contribution is 5.92. The maximum absolute atomic E-state index is 12.9. The van der Waals surface area contributed by atoms with E-state index >= 15 is 0 Å². The maximum Gasteiger partial charge on any atom is 0.290 e.